The van der Waals surface area contributed by atoms with E-state index in [4.69, 9.17) is 0 Å². The average Bonchev–Trinajstić information content (AvgIpc) is 2.28. The Bertz CT molecular complexity index is 233. The fourth-order valence-electron chi connectivity index (χ4n) is 1.91. The van der Waals surface area contributed by atoms with Gasteiger partial charge in [0.25, 0.3) is 0 Å². The van der Waals surface area contributed by atoms with Gasteiger partial charge in [0.1, 0.15) is 5.54 Å². The summed E-state index contributed by atoms with van der Waals surface area (Å²) in [4.78, 5) is 13.5. The minimum atomic E-state index is -0.849. The molecule has 0 aliphatic rings. The van der Waals surface area contributed by atoms with Crippen LogP contribution in [-0.4, -0.2) is 47.7 Å². The van der Waals surface area contributed by atoms with E-state index in [1.807, 2.05) is 6.92 Å². The number of nitrogens with one attached hydrogen (secondary N) is 1. The summed E-state index contributed by atoms with van der Waals surface area (Å²) in [6, 6.07) is 0. The lowest BCUT2D eigenvalue weighted by molar-refractivity contribution is -0.145. The first-order valence-electron chi connectivity index (χ1n) is 6.60. The number of carboxylic acids is 1. The summed E-state index contributed by atoms with van der Waals surface area (Å²) >= 11 is 0. The van der Waals surface area contributed by atoms with Crippen LogP contribution in [0, 0.1) is 5.92 Å². The van der Waals surface area contributed by atoms with Gasteiger partial charge < -0.3 is 15.3 Å². The zero-order valence-corrected chi connectivity index (χ0v) is 11.9. The quantitative estimate of drug-likeness (QED) is 0.649. The van der Waals surface area contributed by atoms with Crippen molar-refractivity contribution >= 4 is 5.97 Å². The first kappa shape index (κ1) is 16.4. The van der Waals surface area contributed by atoms with Gasteiger partial charge in [0, 0.05) is 13.1 Å². The molecule has 0 spiro atoms. The Morgan fingerprint density at radius 3 is 2.35 bits per heavy atom. The largest absolute Gasteiger partial charge is 0.480 e. The Labute approximate surface area is 105 Å². The van der Waals surface area contributed by atoms with Crippen molar-refractivity contribution in [1.82, 2.24) is 10.2 Å². The molecule has 0 saturated heterocycles. The Kier molecular flexibility index (Phi) is 7.39. The zero-order chi connectivity index (χ0) is 13.5. The Morgan fingerprint density at radius 2 is 2.00 bits per heavy atom. The van der Waals surface area contributed by atoms with Crippen molar-refractivity contribution in [2.75, 3.05) is 26.2 Å². The second kappa shape index (κ2) is 7.67. The molecule has 4 nitrogen and oxygen atoms in total. The summed E-state index contributed by atoms with van der Waals surface area (Å²) in [6.07, 6.45) is 1.13. The summed E-state index contributed by atoms with van der Waals surface area (Å²) in [6.45, 7) is 13.2. The third-order valence-electron chi connectivity index (χ3n) is 3.29. The van der Waals surface area contributed by atoms with Crippen LogP contribution in [-0.2, 0) is 4.79 Å². The van der Waals surface area contributed by atoms with Crippen molar-refractivity contribution < 1.29 is 9.90 Å². The molecule has 0 bridgehead atoms. The van der Waals surface area contributed by atoms with Gasteiger partial charge in [0.15, 0.2) is 0 Å². The molecular formula is C13H28N2O2. The molecule has 102 valence electrons. The Morgan fingerprint density at radius 1 is 1.41 bits per heavy atom. The van der Waals surface area contributed by atoms with Crippen LogP contribution >= 0.6 is 0 Å². The highest BCUT2D eigenvalue weighted by Gasteiger charge is 2.33. The maximum atomic E-state index is 11.3. The summed E-state index contributed by atoms with van der Waals surface area (Å²) in [5.41, 5.74) is -0.849. The van der Waals surface area contributed by atoms with Gasteiger partial charge in [0.2, 0.25) is 0 Å². The molecule has 2 atom stereocenters. The van der Waals surface area contributed by atoms with E-state index in [0.29, 0.717) is 19.0 Å². The van der Waals surface area contributed by atoms with E-state index in [2.05, 4.69) is 31.0 Å². The molecule has 0 aliphatic carbocycles. The SMILES string of the molecule is CCNC(C)(CN(CC)CC(C)CC)C(=O)O. The maximum Gasteiger partial charge on any atom is 0.324 e. The second-order valence-electron chi connectivity index (χ2n) is 5.01. The molecule has 4 heteroatoms. The normalized spacial score (nSPS) is 16.8. The van der Waals surface area contributed by atoms with E-state index in [-0.39, 0.29) is 0 Å². The molecule has 17 heavy (non-hydrogen) atoms. The van der Waals surface area contributed by atoms with Crippen LogP contribution in [0.15, 0.2) is 0 Å². The van der Waals surface area contributed by atoms with Crippen molar-refractivity contribution in [3.8, 4) is 0 Å². The standard InChI is InChI=1S/C13H28N2O2/c1-6-11(4)9-15(8-3)10-13(5,12(16)17)14-7-2/h11,14H,6-10H2,1-5H3,(H,16,17). The second-order valence-corrected chi connectivity index (χ2v) is 5.01. The van der Waals surface area contributed by atoms with Gasteiger partial charge >= 0.3 is 5.97 Å². The fraction of sp³-hybridized carbons (Fsp3) is 0.923. The average molecular weight is 244 g/mol. The van der Waals surface area contributed by atoms with Crippen molar-refractivity contribution in [3.05, 3.63) is 0 Å². The third-order valence-corrected chi connectivity index (χ3v) is 3.29. The maximum absolute atomic E-state index is 11.3. The summed E-state index contributed by atoms with van der Waals surface area (Å²) in [5.74, 6) is -0.170. The highest BCUT2D eigenvalue weighted by Crippen LogP contribution is 2.11. The van der Waals surface area contributed by atoms with Crippen LogP contribution in [0.2, 0.25) is 0 Å². The van der Waals surface area contributed by atoms with Gasteiger partial charge in [-0.3, -0.25) is 4.79 Å². The zero-order valence-electron chi connectivity index (χ0n) is 11.9. The molecular weight excluding hydrogens is 216 g/mol. The highest BCUT2D eigenvalue weighted by atomic mass is 16.4. The van der Waals surface area contributed by atoms with E-state index < -0.39 is 11.5 Å². The molecule has 0 aromatic carbocycles. The van der Waals surface area contributed by atoms with Crippen LogP contribution in [0.5, 0.6) is 0 Å². The molecule has 2 N–H and O–H groups in total. The molecule has 0 aliphatic heterocycles. The van der Waals surface area contributed by atoms with Gasteiger partial charge in [-0.15, -0.1) is 0 Å². The number of hydrogen-bond donors (Lipinski definition) is 2. The van der Waals surface area contributed by atoms with Crippen molar-refractivity contribution in [2.24, 2.45) is 5.92 Å². The van der Waals surface area contributed by atoms with Crippen LogP contribution in [0.4, 0.5) is 0 Å². The van der Waals surface area contributed by atoms with Crippen LogP contribution < -0.4 is 5.32 Å². The van der Waals surface area contributed by atoms with Crippen LogP contribution in [0.3, 0.4) is 0 Å². The van der Waals surface area contributed by atoms with Gasteiger partial charge in [-0.2, -0.15) is 0 Å². The molecule has 0 aromatic rings. The number of likely N-dealkylation sites (N-methyl/N-ethyl adjacent to an activating group) is 2. The molecule has 0 radical (unpaired) electrons. The van der Waals surface area contributed by atoms with Crippen LogP contribution in [0.1, 0.15) is 41.0 Å². The van der Waals surface area contributed by atoms with E-state index in [0.717, 1.165) is 19.5 Å². The molecule has 0 heterocycles. The first-order chi connectivity index (χ1) is 7.89. The van der Waals surface area contributed by atoms with E-state index in [1.165, 1.54) is 0 Å². The van der Waals surface area contributed by atoms with Crippen molar-refractivity contribution in [2.45, 2.75) is 46.6 Å². The third kappa shape index (κ3) is 5.50. The molecule has 0 aromatic heterocycles. The Balaban J connectivity index is 4.54. The monoisotopic (exact) mass is 244 g/mol. The van der Waals surface area contributed by atoms with Crippen molar-refractivity contribution in [1.29, 1.82) is 0 Å². The fourth-order valence-corrected chi connectivity index (χ4v) is 1.91. The number of carboxylic acid groups (broad SMARTS) is 1. The lowest BCUT2D eigenvalue weighted by Gasteiger charge is -2.33. The van der Waals surface area contributed by atoms with Gasteiger partial charge in [-0.25, -0.2) is 0 Å². The number of hydrogen-bond acceptors (Lipinski definition) is 3. The smallest absolute Gasteiger partial charge is 0.324 e. The summed E-state index contributed by atoms with van der Waals surface area (Å²) in [7, 11) is 0. The van der Waals surface area contributed by atoms with E-state index in [1.54, 1.807) is 6.92 Å². The molecule has 0 saturated carbocycles. The van der Waals surface area contributed by atoms with E-state index >= 15 is 0 Å². The summed E-state index contributed by atoms with van der Waals surface area (Å²) in [5, 5.41) is 12.4. The van der Waals surface area contributed by atoms with Gasteiger partial charge in [0.05, 0.1) is 0 Å². The number of nitrogens with zero attached hydrogens (tertiary/aromatic N) is 1. The van der Waals surface area contributed by atoms with Crippen LogP contribution in [0.25, 0.3) is 0 Å². The Hall–Kier alpha value is -0.610. The number of aliphatic carboxylic acids is 1. The summed E-state index contributed by atoms with van der Waals surface area (Å²) < 4.78 is 0. The highest BCUT2D eigenvalue weighted by molar-refractivity contribution is 5.78. The minimum Gasteiger partial charge on any atom is -0.480 e. The number of rotatable bonds is 9. The topological polar surface area (TPSA) is 52.6 Å². The predicted octanol–water partition coefficient (Wildman–Crippen LogP) is 1.81. The molecule has 0 rings (SSSR count). The molecule has 0 amide bonds. The number of carbonyl (C=O) groups is 1. The lowest BCUT2D eigenvalue weighted by Crippen LogP contribution is -2.57. The first-order valence-corrected chi connectivity index (χ1v) is 6.60. The minimum absolute atomic E-state index is 0.553. The van der Waals surface area contributed by atoms with E-state index in [9.17, 15) is 9.90 Å². The van der Waals surface area contributed by atoms with Gasteiger partial charge in [-0.1, -0.05) is 34.1 Å². The predicted molar refractivity (Wildman–Crippen MR) is 71.3 cm³/mol. The van der Waals surface area contributed by atoms with Gasteiger partial charge in [-0.05, 0) is 25.9 Å². The molecule has 0 fully saturated rings. The molecule has 2 unspecified atom stereocenters. The van der Waals surface area contributed by atoms with Crippen molar-refractivity contribution in [3.63, 3.8) is 0 Å². The lowest BCUT2D eigenvalue weighted by atomic mass is 10.0.